The van der Waals surface area contributed by atoms with Crippen molar-refractivity contribution in [1.29, 1.82) is 0 Å². The zero-order valence-corrected chi connectivity index (χ0v) is 11.9. The number of hydrogen-bond acceptors (Lipinski definition) is 5. The van der Waals surface area contributed by atoms with Gasteiger partial charge >= 0.3 is 0 Å². The van der Waals surface area contributed by atoms with Crippen LogP contribution in [-0.2, 0) is 0 Å². The number of anilines is 1. The molecule has 1 aromatic rings. The monoisotopic (exact) mass is 264 g/mol. The average Bonchev–Trinajstić information content (AvgIpc) is 2.45. The molecule has 1 aromatic heterocycles. The minimum atomic E-state index is 0.280. The fraction of sp³-hybridized carbons (Fsp3) is 0.714. The zero-order chi connectivity index (χ0) is 13.7. The van der Waals surface area contributed by atoms with Crippen LogP contribution in [0.5, 0.6) is 0 Å². The van der Waals surface area contributed by atoms with Gasteiger partial charge in [0.1, 0.15) is 5.82 Å². The van der Waals surface area contributed by atoms with Crippen molar-refractivity contribution in [3.8, 4) is 0 Å². The van der Waals surface area contributed by atoms with Crippen molar-refractivity contribution in [3.63, 3.8) is 0 Å². The van der Waals surface area contributed by atoms with E-state index in [4.69, 9.17) is 5.11 Å². The molecule has 2 rings (SSSR count). The Bertz CT molecular complexity index is 391. The molecule has 5 nitrogen and oxygen atoms in total. The predicted molar refractivity (Wildman–Crippen MR) is 76.3 cm³/mol. The summed E-state index contributed by atoms with van der Waals surface area (Å²) in [5.74, 6) is 0.997. The summed E-state index contributed by atoms with van der Waals surface area (Å²) in [4.78, 5) is 13.4. The van der Waals surface area contributed by atoms with E-state index in [-0.39, 0.29) is 6.61 Å². The summed E-state index contributed by atoms with van der Waals surface area (Å²) in [6.45, 7) is 5.30. The molecule has 0 aliphatic carbocycles. The van der Waals surface area contributed by atoms with Gasteiger partial charge in [0, 0.05) is 38.5 Å². The molecule has 19 heavy (non-hydrogen) atoms. The Hall–Kier alpha value is -1.20. The summed E-state index contributed by atoms with van der Waals surface area (Å²) < 4.78 is 0. The topological polar surface area (TPSA) is 52.5 Å². The van der Waals surface area contributed by atoms with E-state index in [0.29, 0.717) is 6.04 Å². The summed E-state index contributed by atoms with van der Waals surface area (Å²) in [6.07, 6.45) is 6.80. The molecule has 1 fully saturated rings. The number of rotatable bonds is 5. The molecule has 0 atom stereocenters. The van der Waals surface area contributed by atoms with Gasteiger partial charge in [-0.3, -0.25) is 4.98 Å². The number of nitrogens with zero attached hydrogens (tertiary/aromatic N) is 4. The van der Waals surface area contributed by atoms with Crippen molar-refractivity contribution in [2.45, 2.75) is 32.2 Å². The number of piperidine rings is 1. The SMILES string of the molecule is Cc1cncc(N2CCC(N(C)CCCO)CC2)n1. The van der Waals surface area contributed by atoms with Crippen LogP contribution in [0, 0.1) is 6.92 Å². The van der Waals surface area contributed by atoms with Crippen molar-refractivity contribution in [2.75, 3.05) is 38.2 Å². The van der Waals surface area contributed by atoms with Gasteiger partial charge in [-0.05, 0) is 33.2 Å². The highest BCUT2D eigenvalue weighted by molar-refractivity contribution is 5.36. The normalized spacial score (nSPS) is 17.2. The molecule has 1 aliphatic heterocycles. The van der Waals surface area contributed by atoms with Crippen LogP contribution in [0.15, 0.2) is 12.4 Å². The Labute approximate surface area is 115 Å². The van der Waals surface area contributed by atoms with E-state index in [9.17, 15) is 0 Å². The molecule has 0 saturated carbocycles. The summed E-state index contributed by atoms with van der Waals surface area (Å²) >= 11 is 0. The number of aryl methyl sites for hydroxylation is 1. The molecule has 1 saturated heterocycles. The van der Waals surface area contributed by atoms with Crippen molar-refractivity contribution in [2.24, 2.45) is 0 Å². The first-order valence-electron chi connectivity index (χ1n) is 7.05. The quantitative estimate of drug-likeness (QED) is 0.862. The fourth-order valence-electron chi connectivity index (χ4n) is 2.64. The summed E-state index contributed by atoms with van der Waals surface area (Å²) in [5, 5.41) is 8.88. The third kappa shape index (κ3) is 3.88. The first-order valence-corrected chi connectivity index (χ1v) is 7.05. The highest BCUT2D eigenvalue weighted by Gasteiger charge is 2.22. The standard InChI is InChI=1S/C14H24N4O/c1-12-10-15-11-14(16-12)18-7-4-13(5-8-18)17(2)6-3-9-19/h10-11,13,19H,3-9H2,1-2H3. The lowest BCUT2D eigenvalue weighted by molar-refractivity contribution is 0.184. The van der Waals surface area contributed by atoms with Gasteiger partial charge in [0.15, 0.2) is 0 Å². The molecule has 0 aromatic carbocycles. The van der Waals surface area contributed by atoms with E-state index in [0.717, 1.165) is 50.4 Å². The van der Waals surface area contributed by atoms with Crippen molar-refractivity contribution in [1.82, 2.24) is 14.9 Å². The summed E-state index contributed by atoms with van der Waals surface area (Å²) in [5.41, 5.74) is 0.972. The van der Waals surface area contributed by atoms with Gasteiger partial charge in [-0.1, -0.05) is 0 Å². The van der Waals surface area contributed by atoms with Crippen LogP contribution in [0.4, 0.5) is 5.82 Å². The average molecular weight is 264 g/mol. The van der Waals surface area contributed by atoms with E-state index < -0.39 is 0 Å². The number of aliphatic hydroxyl groups excluding tert-OH is 1. The van der Waals surface area contributed by atoms with E-state index in [1.165, 1.54) is 0 Å². The van der Waals surface area contributed by atoms with Crippen LogP contribution in [0.25, 0.3) is 0 Å². The van der Waals surface area contributed by atoms with Crippen molar-refractivity contribution < 1.29 is 5.11 Å². The fourth-order valence-corrected chi connectivity index (χ4v) is 2.64. The lowest BCUT2D eigenvalue weighted by atomic mass is 10.0. The van der Waals surface area contributed by atoms with Crippen molar-refractivity contribution in [3.05, 3.63) is 18.1 Å². The summed E-state index contributed by atoms with van der Waals surface area (Å²) in [6, 6.07) is 0.626. The van der Waals surface area contributed by atoms with Gasteiger partial charge < -0.3 is 14.9 Å². The second-order valence-corrected chi connectivity index (χ2v) is 5.29. The van der Waals surface area contributed by atoms with Crippen LogP contribution in [-0.4, -0.2) is 59.3 Å². The maximum Gasteiger partial charge on any atom is 0.147 e. The van der Waals surface area contributed by atoms with Crippen molar-refractivity contribution >= 4 is 5.82 Å². The molecule has 0 unspecified atom stereocenters. The van der Waals surface area contributed by atoms with Gasteiger partial charge in [-0.25, -0.2) is 4.98 Å². The Morgan fingerprint density at radius 2 is 2.11 bits per heavy atom. The maximum atomic E-state index is 8.88. The predicted octanol–water partition coefficient (Wildman–Crippen LogP) is 1.07. The zero-order valence-electron chi connectivity index (χ0n) is 11.9. The first-order chi connectivity index (χ1) is 9.20. The molecule has 1 aliphatic rings. The minimum absolute atomic E-state index is 0.280. The smallest absolute Gasteiger partial charge is 0.147 e. The largest absolute Gasteiger partial charge is 0.396 e. The summed E-state index contributed by atoms with van der Waals surface area (Å²) in [7, 11) is 2.16. The second kappa shape index (κ2) is 6.82. The van der Waals surface area contributed by atoms with Gasteiger partial charge in [-0.2, -0.15) is 0 Å². The second-order valence-electron chi connectivity index (χ2n) is 5.29. The molecule has 0 radical (unpaired) electrons. The third-order valence-electron chi connectivity index (χ3n) is 3.82. The Balaban J connectivity index is 1.85. The van der Waals surface area contributed by atoms with E-state index in [1.807, 2.05) is 13.1 Å². The van der Waals surface area contributed by atoms with Gasteiger partial charge in [0.25, 0.3) is 0 Å². The number of hydrogen-bond donors (Lipinski definition) is 1. The highest BCUT2D eigenvalue weighted by Crippen LogP contribution is 2.20. The van der Waals surface area contributed by atoms with Gasteiger partial charge in [0.05, 0.1) is 11.9 Å². The molecule has 0 spiro atoms. The van der Waals surface area contributed by atoms with Crippen LogP contribution in [0.1, 0.15) is 25.0 Å². The van der Waals surface area contributed by atoms with Crippen LogP contribution >= 0.6 is 0 Å². The number of aromatic nitrogens is 2. The van der Waals surface area contributed by atoms with E-state index >= 15 is 0 Å². The van der Waals surface area contributed by atoms with E-state index in [1.54, 1.807) is 6.20 Å². The molecule has 0 amide bonds. The lowest BCUT2D eigenvalue weighted by Crippen LogP contribution is -2.44. The first kappa shape index (κ1) is 14.2. The van der Waals surface area contributed by atoms with Crippen LogP contribution < -0.4 is 4.90 Å². The molecule has 1 N–H and O–H groups in total. The van der Waals surface area contributed by atoms with Crippen LogP contribution in [0.2, 0.25) is 0 Å². The molecular formula is C14H24N4O. The minimum Gasteiger partial charge on any atom is -0.396 e. The Morgan fingerprint density at radius 3 is 2.74 bits per heavy atom. The third-order valence-corrected chi connectivity index (χ3v) is 3.82. The molecular weight excluding hydrogens is 240 g/mol. The molecule has 2 heterocycles. The van der Waals surface area contributed by atoms with Crippen LogP contribution in [0.3, 0.4) is 0 Å². The van der Waals surface area contributed by atoms with Gasteiger partial charge in [-0.15, -0.1) is 0 Å². The Kier molecular flexibility index (Phi) is 5.10. The molecule has 0 bridgehead atoms. The van der Waals surface area contributed by atoms with Gasteiger partial charge in [0.2, 0.25) is 0 Å². The van der Waals surface area contributed by atoms with E-state index in [2.05, 4.69) is 26.8 Å². The maximum absolute atomic E-state index is 8.88. The molecule has 5 heteroatoms. The Morgan fingerprint density at radius 1 is 1.37 bits per heavy atom. The number of aliphatic hydroxyl groups is 1. The highest BCUT2D eigenvalue weighted by atomic mass is 16.3. The molecule has 106 valence electrons. The lowest BCUT2D eigenvalue weighted by Gasteiger charge is -2.37.